The van der Waals surface area contributed by atoms with Crippen LogP contribution >= 0.6 is 0 Å². The summed E-state index contributed by atoms with van der Waals surface area (Å²) in [6.07, 6.45) is 2.45. The number of carboxylic acid groups (broad SMARTS) is 1. The molecule has 1 aromatic heterocycles. The first-order chi connectivity index (χ1) is 16.3. The summed E-state index contributed by atoms with van der Waals surface area (Å²) in [5.41, 5.74) is 3.47. The molecule has 1 saturated heterocycles. The molecule has 1 amide bonds. The smallest absolute Gasteiger partial charge is 0.416 e. The van der Waals surface area contributed by atoms with Crippen LogP contribution in [-0.4, -0.2) is 64.3 Å². The van der Waals surface area contributed by atoms with Crippen LogP contribution in [-0.2, 0) is 16.7 Å². The first-order valence-corrected chi connectivity index (χ1v) is 11.6. The average molecular weight is 460 g/mol. The summed E-state index contributed by atoms with van der Waals surface area (Å²) in [6, 6.07) is 15.3. The molecule has 2 aliphatic heterocycles. The number of carbonyl (C=O) groups is 2. The summed E-state index contributed by atoms with van der Waals surface area (Å²) < 4.78 is 6.75. The summed E-state index contributed by atoms with van der Waals surface area (Å²) in [5.74, 6) is -0.0931. The van der Waals surface area contributed by atoms with Gasteiger partial charge in [0.1, 0.15) is 0 Å². The molecule has 0 atom stereocenters. The van der Waals surface area contributed by atoms with E-state index in [1.807, 2.05) is 48.5 Å². The van der Waals surface area contributed by atoms with Crippen LogP contribution in [0.2, 0.25) is 0 Å². The van der Waals surface area contributed by atoms with E-state index in [2.05, 4.69) is 18.7 Å². The monoisotopic (exact) mass is 459 g/mol. The maximum atomic E-state index is 13.6. The van der Waals surface area contributed by atoms with Crippen molar-refractivity contribution in [2.75, 3.05) is 32.8 Å². The molecule has 2 aromatic carbocycles. The molecule has 0 aliphatic carbocycles. The second-order valence-electron chi connectivity index (χ2n) is 9.62. The number of ether oxygens (including phenoxy) is 1. The standard InChI is InChI=1S/C27H29N3O4/c1-27(2)18-29(11-10-23-24(27)21-8-3-4-9-22(21)30(23)26(32)33)25(31)20-7-5-6-19(16-20)17-28-12-14-34-15-13-28/h3-11,16H,12-15,17-18H2,1-2H3,(H,32,33). The van der Waals surface area contributed by atoms with E-state index in [0.29, 0.717) is 23.3 Å². The highest BCUT2D eigenvalue weighted by Gasteiger charge is 2.35. The van der Waals surface area contributed by atoms with Gasteiger partial charge in [0.05, 0.1) is 24.4 Å². The second-order valence-corrected chi connectivity index (χ2v) is 9.62. The molecule has 0 bridgehead atoms. The number of hydrogen-bond donors (Lipinski definition) is 1. The Morgan fingerprint density at radius 3 is 2.59 bits per heavy atom. The number of amides is 1. The molecule has 34 heavy (non-hydrogen) atoms. The quantitative estimate of drug-likeness (QED) is 0.628. The number of morpholine rings is 1. The third-order valence-corrected chi connectivity index (χ3v) is 6.70. The van der Waals surface area contributed by atoms with E-state index in [0.717, 1.165) is 49.4 Å². The van der Waals surface area contributed by atoms with Gasteiger partial charge in [-0.3, -0.25) is 9.69 Å². The van der Waals surface area contributed by atoms with Crippen LogP contribution in [0.1, 0.15) is 41.0 Å². The van der Waals surface area contributed by atoms with Crippen molar-refractivity contribution < 1.29 is 19.4 Å². The molecule has 0 unspecified atom stereocenters. The highest BCUT2D eigenvalue weighted by Crippen LogP contribution is 2.39. The molecule has 7 nitrogen and oxygen atoms in total. The predicted octanol–water partition coefficient (Wildman–Crippen LogP) is 4.40. The van der Waals surface area contributed by atoms with Crippen LogP contribution in [0.15, 0.2) is 54.7 Å². The Balaban J connectivity index is 1.47. The van der Waals surface area contributed by atoms with Crippen molar-refractivity contribution in [3.05, 3.63) is 77.1 Å². The molecule has 3 aromatic rings. The van der Waals surface area contributed by atoms with Crippen molar-refractivity contribution in [2.24, 2.45) is 0 Å². The van der Waals surface area contributed by atoms with Crippen molar-refractivity contribution in [1.29, 1.82) is 0 Å². The molecule has 0 saturated carbocycles. The van der Waals surface area contributed by atoms with Crippen molar-refractivity contribution in [1.82, 2.24) is 14.4 Å². The van der Waals surface area contributed by atoms with Crippen LogP contribution < -0.4 is 0 Å². The molecule has 5 rings (SSSR count). The highest BCUT2D eigenvalue weighted by atomic mass is 16.5. The fourth-order valence-corrected chi connectivity index (χ4v) is 5.18. The van der Waals surface area contributed by atoms with Gasteiger partial charge in [-0.05, 0) is 35.4 Å². The minimum absolute atomic E-state index is 0.0931. The Labute approximate surface area is 198 Å². The van der Waals surface area contributed by atoms with E-state index in [4.69, 9.17) is 4.74 Å². The zero-order valence-corrected chi connectivity index (χ0v) is 19.5. The third-order valence-electron chi connectivity index (χ3n) is 6.70. The summed E-state index contributed by atoms with van der Waals surface area (Å²) in [6.45, 7) is 8.60. The Hall–Kier alpha value is -3.42. The van der Waals surface area contributed by atoms with Gasteiger partial charge < -0.3 is 14.7 Å². The zero-order valence-electron chi connectivity index (χ0n) is 19.5. The second kappa shape index (κ2) is 8.74. The van der Waals surface area contributed by atoms with E-state index < -0.39 is 11.5 Å². The van der Waals surface area contributed by atoms with Gasteiger partial charge in [-0.2, -0.15) is 0 Å². The molecule has 7 heteroatoms. The van der Waals surface area contributed by atoms with Gasteiger partial charge in [0.15, 0.2) is 0 Å². The van der Waals surface area contributed by atoms with Gasteiger partial charge in [0.2, 0.25) is 0 Å². The lowest BCUT2D eigenvalue weighted by Gasteiger charge is -2.30. The number of hydrogen-bond acceptors (Lipinski definition) is 4. The molecular weight excluding hydrogens is 430 g/mol. The largest absolute Gasteiger partial charge is 0.464 e. The summed E-state index contributed by atoms with van der Waals surface area (Å²) >= 11 is 0. The van der Waals surface area contributed by atoms with Crippen LogP contribution in [0, 0.1) is 0 Å². The van der Waals surface area contributed by atoms with Gasteiger partial charge in [0.25, 0.3) is 5.91 Å². The number of carbonyl (C=O) groups excluding carboxylic acids is 1. The van der Waals surface area contributed by atoms with E-state index >= 15 is 0 Å². The fourth-order valence-electron chi connectivity index (χ4n) is 5.18. The predicted molar refractivity (Wildman–Crippen MR) is 131 cm³/mol. The third kappa shape index (κ3) is 4.02. The van der Waals surface area contributed by atoms with Gasteiger partial charge >= 0.3 is 6.09 Å². The molecule has 0 radical (unpaired) electrons. The number of benzene rings is 2. The maximum Gasteiger partial charge on any atom is 0.416 e. The Morgan fingerprint density at radius 1 is 1.06 bits per heavy atom. The number of nitrogens with zero attached hydrogens (tertiary/aromatic N) is 3. The number of para-hydroxylation sites is 1. The number of rotatable bonds is 3. The normalized spacial score (nSPS) is 18.0. The lowest BCUT2D eigenvalue weighted by atomic mass is 9.82. The zero-order chi connectivity index (χ0) is 23.9. The minimum Gasteiger partial charge on any atom is -0.464 e. The molecule has 1 fully saturated rings. The van der Waals surface area contributed by atoms with Gasteiger partial charge in [-0.1, -0.05) is 44.2 Å². The van der Waals surface area contributed by atoms with Crippen molar-refractivity contribution in [2.45, 2.75) is 25.8 Å². The Morgan fingerprint density at radius 2 is 1.82 bits per heavy atom. The fraction of sp³-hybridized carbons (Fsp3) is 0.333. The Bertz CT molecular complexity index is 1280. The maximum absolute atomic E-state index is 13.6. The molecule has 176 valence electrons. The summed E-state index contributed by atoms with van der Waals surface area (Å²) in [4.78, 5) is 29.7. The molecular formula is C27H29N3O4. The first kappa shape index (κ1) is 22.4. The lowest BCUT2D eigenvalue weighted by molar-refractivity contribution is 0.0341. The molecule has 2 aliphatic rings. The van der Waals surface area contributed by atoms with Gasteiger partial charge in [-0.25, -0.2) is 9.36 Å². The topological polar surface area (TPSA) is 75.0 Å². The van der Waals surface area contributed by atoms with Crippen LogP contribution in [0.4, 0.5) is 4.79 Å². The van der Waals surface area contributed by atoms with E-state index in [-0.39, 0.29) is 5.91 Å². The minimum atomic E-state index is -1.03. The van der Waals surface area contributed by atoms with Gasteiger partial charge in [-0.15, -0.1) is 0 Å². The highest BCUT2D eigenvalue weighted by molar-refractivity contribution is 5.99. The number of fused-ring (bicyclic) bond motifs is 3. The van der Waals surface area contributed by atoms with Crippen LogP contribution in [0.5, 0.6) is 0 Å². The molecule has 3 heterocycles. The first-order valence-electron chi connectivity index (χ1n) is 11.6. The van der Waals surface area contributed by atoms with Gasteiger partial charge in [0, 0.05) is 48.7 Å². The summed E-state index contributed by atoms with van der Waals surface area (Å²) in [7, 11) is 0. The number of aromatic nitrogens is 1. The molecule has 0 spiro atoms. The van der Waals surface area contributed by atoms with E-state index in [9.17, 15) is 14.7 Å². The average Bonchev–Trinajstić information content (AvgIpc) is 3.10. The van der Waals surface area contributed by atoms with Crippen molar-refractivity contribution >= 4 is 29.0 Å². The summed E-state index contributed by atoms with van der Waals surface area (Å²) in [5, 5.41) is 10.8. The molecule has 1 N–H and O–H groups in total. The van der Waals surface area contributed by atoms with Crippen molar-refractivity contribution in [3.63, 3.8) is 0 Å². The van der Waals surface area contributed by atoms with E-state index in [1.54, 1.807) is 17.2 Å². The van der Waals surface area contributed by atoms with E-state index in [1.165, 1.54) is 4.57 Å². The lowest BCUT2D eigenvalue weighted by Crippen LogP contribution is -2.37. The van der Waals surface area contributed by atoms with Crippen molar-refractivity contribution in [3.8, 4) is 0 Å². The Kier molecular flexibility index (Phi) is 5.75. The van der Waals surface area contributed by atoms with Crippen LogP contribution in [0.3, 0.4) is 0 Å². The SMILES string of the molecule is CC1(C)CN(C(=O)c2cccc(CN3CCOCC3)c2)C=Cc2c1c1ccccc1n2C(=O)O. The van der Waals surface area contributed by atoms with Crippen LogP contribution in [0.25, 0.3) is 17.0 Å².